The largest absolute Gasteiger partial charge is 0.314 e. The van der Waals surface area contributed by atoms with Crippen molar-refractivity contribution in [2.75, 3.05) is 26.2 Å². The summed E-state index contributed by atoms with van der Waals surface area (Å²) in [6.45, 7) is 7.30. The molecule has 3 rings (SSSR count). The lowest BCUT2D eigenvalue weighted by Gasteiger charge is -2.28. The Morgan fingerprint density at radius 1 is 1.12 bits per heavy atom. The van der Waals surface area contributed by atoms with Crippen LogP contribution in [0.2, 0.25) is 0 Å². The van der Waals surface area contributed by atoms with Crippen molar-refractivity contribution in [3.05, 3.63) is 70.5 Å². The molecule has 132 valence electrons. The molecule has 1 aliphatic rings. The highest BCUT2D eigenvalue weighted by atomic mass is 19.1. The van der Waals surface area contributed by atoms with Crippen molar-refractivity contribution in [3.8, 4) is 0 Å². The number of hydrogen-bond donors (Lipinski definition) is 1. The fraction of sp³-hybridized carbons (Fsp3) is 0.381. The molecule has 0 radical (unpaired) electrons. The maximum absolute atomic E-state index is 13.8. The highest BCUT2D eigenvalue weighted by Gasteiger charge is 2.15. The fourth-order valence-electron chi connectivity index (χ4n) is 3.35. The van der Waals surface area contributed by atoms with E-state index in [2.05, 4.69) is 29.3 Å². The van der Waals surface area contributed by atoms with Crippen LogP contribution in [-0.2, 0) is 19.4 Å². The molecule has 1 aliphatic heterocycles. The maximum Gasteiger partial charge on any atom is 0.170 e. The Labute approximate surface area is 148 Å². The lowest BCUT2D eigenvalue weighted by molar-refractivity contribution is 0.0989. The quantitative estimate of drug-likeness (QED) is 0.820. The number of halogens is 1. The normalized spacial score (nSPS) is 15.3. The molecule has 0 amide bonds. The molecular formula is C21H25FN2O. The maximum atomic E-state index is 13.8. The predicted molar refractivity (Wildman–Crippen MR) is 98.4 cm³/mol. The van der Waals surface area contributed by atoms with Gasteiger partial charge in [-0.15, -0.1) is 0 Å². The number of benzene rings is 2. The molecule has 1 saturated heterocycles. The van der Waals surface area contributed by atoms with Crippen molar-refractivity contribution < 1.29 is 9.18 Å². The van der Waals surface area contributed by atoms with E-state index in [-0.39, 0.29) is 17.8 Å². The highest BCUT2D eigenvalue weighted by molar-refractivity contribution is 5.97. The summed E-state index contributed by atoms with van der Waals surface area (Å²) >= 11 is 0. The molecule has 2 aromatic rings. The van der Waals surface area contributed by atoms with Gasteiger partial charge >= 0.3 is 0 Å². The van der Waals surface area contributed by atoms with E-state index in [0.717, 1.165) is 44.7 Å². The summed E-state index contributed by atoms with van der Waals surface area (Å²) in [7, 11) is 0. The number of rotatable bonds is 6. The minimum Gasteiger partial charge on any atom is -0.314 e. The van der Waals surface area contributed by atoms with Crippen molar-refractivity contribution in [1.29, 1.82) is 0 Å². The monoisotopic (exact) mass is 340 g/mol. The summed E-state index contributed by atoms with van der Waals surface area (Å²) in [4.78, 5) is 14.8. The topological polar surface area (TPSA) is 32.3 Å². The third-order valence-electron chi connectivity index (χ3n) is 4.79. The molecule has 4 heteroatoms. The molecule has 0 aromatic heterocycles. The van der Waals surface area contributed by atoms with Gasteiger partial charge in [-0.05, 0) is 35.2 Å². The van der Waals surface area contributed by atoms with E-state index in [9.17, 15) is 9.18 Å². The molecule has 0 spiro atoms. The van der Waals surface area contributed by atoms with Gasteiger partial charge in [-0.3, -0.25) is 9.69 Å². The number of carbonyl (C=O) groups is 1. The van der Waals surface area contributed by atoms with Crippen LogP contribution in [0, 0.1) is 5.82 Å². The number of ketones is 1. The van der Waals surface area contributed by atoms with Gasteiger partial charge in [0.2, 0.25) is 0 Å². The highest BCUT2D eigenvalue weighted by Crippen LogP contribution is 2.18. The van der Waals surface area contributed by atoms with Gasteiger partial charge in [0.05, 0.1) is 5.56 Å². The van der Waals surface area contributed by atoms with E-state index < -0.39 is 5.82 Å². The Morgan fingerprint density at radius 3 is 2.60 bits per heavy atom. The molecule has 0 aliphatic carbocycles. The lowest BCUT2D eigenvalue weighted by atomic mass is 9.96. The Morgan fingerprint density at radius 2 is 1.88 bits per heavy atom. The molecular weight excluding hydrogens is 315 g/mol. The second-order valence-electron chi connectivity index (χ2n) is 6.56. The van der Waals surface area contributed by atoms with Crippen LogP contribution >= 0.6 is 0 Å². The van der Waals surface area contributed by atoms with Crippen LogP contribution in [0.3, 0.4) is 0 Å². The molecule has 1 fully saturated rings. The van der Waals surface area contributed by atoms with Crippen LogP contribution in [0.15, 0.2) is 42.5 Å². The van der Waals surface area contributed by atoms with E-state index in [4.69, 9.17) is 0 Å². The second-order valence-corrected chi connectivity index (χ2v) is 6.56. The lowest BCUT2D eigenvalue weighted by Crippen LogP contribution is -2.43. The van der Waals surface area contributed by atoms with E-state index in [1.807, 2.05) is 6.07 Å². The third kappa shape index (κ3) is 4.53. The smallest absolute Gasteiger partial charge is 0.170 e. The standard InChI is InChI=1S/C21H25FN2O/c1-2-17-13-16(14-21(25)19-5-3-4-6-20(19)22)7-8-18(17)15-24-11-9-23-10-12-24/h3-8,13,23H,2,9-12,14-15H2,1H3. The molecule has 0 unspecified atom stereocenters. The van der Waals surface area contributed by atoms with E-state index in [1.165, 1.54) is 17.2 Å². The molecule has 0 saturated carbocycles. The minimum absolute atomic E-state index is 0.171. The first-order valence-electron chi connectivity index (χ1n) is 8.99. The SMILES string of the molecule is CCc1cc(CC(=O)c2ccccc2F)ccc1CN1CCNCC1. The van der Waals surface area contributed by atoms with Gasteiger partial charge in [-0.1, -0.05) is 37.3 Å². The molecule has 0 atom stereocenters. The van der Waals surface area contributed by atoms with Crippen LogP contribution in [0.25, 0.3) is 0 Å². The second kappa shape index (κ2) is 8.37. The minimum atomic E-state index is -0.446. The molecule has 1 N–H and O–H groups in total. The Bertz CT molecular complexity index is 738. The number of piperazine rings is 1. The zero-order valence-electron chi connectivity index (χ0n) is 14.7. The van der Waals surface area contributed by atoms with E-state index in [0.29, 0.717) is 0 Å². The van der Waals surface area contributed by atoms with Gasteiger partial charge in [0.25, 0.3) is 0 Å². The molecule has 1 heterocycles. The predicted octanol–water partition coefficient (Wildman–Crippen LogP) is 3.22. The van der Waals surface area contributed by atoms with E-state index in [1.54, 1.807) is 18.2 Å². The van der Waals surface area contributed by atoms with Crippen molar-refractivity contribution in [3.63, 3.8) is 0 Å². The first-order valence-corrected chi connectivity index (χ1v) is 8.99. The fourth-order valence-corrected chi connectivity index (χ4v) is 3.35. The molecule has 3 nitrogen and oxygen atoms in total. The zero-order chi connectivity index (χ0) is 17.6. The molecule has 0 bridgehead atoms. The van der Waals surface area contributed by atoms with Crippen LogP contribution < -0.4 is 5.32 Å². The summed E-state index contributed by atoms with van der Waals surface area (Å²) in [6, 6.07) is 12.4. The van der Waals surface area contributed by atoms with Gasteiger partial charge in [-0.25, -0.2) is 4.39 Å². The molecule has 2 aromatic carbocycles. The van der Waals surface area contributed by atoms with Crippen LogP contribution in [0.4, 0.5) is 4.39 Å². The first kappa shape index (κ1) is 17.8. The average Bonchev–Trinajstić information content (AvgIpc) is 2.64. The van der Waals surface area contributed by atoms with Crippen LogP contribution in [0.1, 0.15) is 34.0 Å². The van der Waals surface area contributed by atoms with Gasteiger partial charge in [0.1, 0.15) is 5.82 Å². The van der Waals surface area contributed by atoms with Crippen LogP contribution in [0.5, 0.6) is 0 Å². The summed E-state index contributed by atoms with van der Waals surface area (Å²) in [5.74, 6) is -0.617. The van der Waals surface area contributed by atoms with Gasteiger partial charge in [0.15, 0.2) is 5.78 Å². The summed E-state index contributed by atoms with van der Waals surface area (Å²) in [6.07, 6.45) is 1.17. The number of nitrogens with one attached hydrogen (secondary N) is 1. The van der Waals surface area contributed by atoms with Gasteiger partial charge < -0.3 is 5.32 Å². The van der Waals surface area contributed by atoms with Crippen molar-refractivity contribution in [1.82, 2.24) is 10.2 Å². The average molecular weight is 340 g/mol. The van der Waals surface area contributed by atoms with Gasteiger partial charge in [0, 0.05) is 39.1 Å². The van der Waals surface area contributed by atoms with Crippen molar-refractivity contribution >= 4 is 5.78 Å². The van der Waals surface area contributed by atoms with Crippen molar-refractivity contribution in [2.45, 2.75) is 26.3 Å². The Balaban J connectivity index is 1.72. The van der Waals surface area contributed by atoms with E-state index >= 15 is 0 Å². The molecule has 25 heavy (non-hydrogen) atoms. The number of aryl methyl sites for hydroxylation is 1. The van der Waals surface area contributed by atoms with Crippen molar-refractivity contribution in [2.24, 2.45) is 0 Å². The number of hydrogen-bond acceptors (Lipinski definition) is 3. The number of Topliss-reactive ketones (excluding diaryl/α,β-unsaturated/α-hetero) is 1. The first-order chi connectivity index (χ1) is 12.2. The summed E-state index contributed by atoms with van der Waals surface area (Å²) < 4.78 is 13.8. The summed E-state index contributed by atoms with van der Waals surface area (Å²) in [5, 5.41) is 3.37. The zero-order valence-corrected chi connectivity index (χ0v) is 14.7. The Kier molecular flexibility index (Phi) is 5.95. The Hall–Kier alpha value is -2.04. The number of nitrogens with zero attached hydrogens (tertiary/aromatic N) is 1. The van der Waals surface area contributed by atoms with Crippen LogP contribution in [-0.4, -0.2) is 36.9 Å². The number of carbonyl (C=O) groups excluding carboxylic acids is 1. The van der Waals surface area contributed by atoms with Gasteiger partial charge in [-0.2, -0.15) is 0 Å². The third-order valence-corrected chi connectivity index (χ3v) is 4.79. The summed E-state index contributed by atoms with van der Waals surface area (Å²) in [5.41, 5.74) is 3.73.